The number of nitrogens with zero attached hydrogens (tertiary/aromatic N) is 2. The Morgan fingerprint density at radius 2 is 2.05 bits per heavy atom. The highest BCUT2D eigenvalue weighted by Crippen LogP contribution is 2.19. The lowest BCUT2D eigenvalue weighted by molar-refractivity contribution is 0.0422. The number of H-pyrrole nitrogens is 1. The van der Waals surface area contributed by atoms with E-state index in [1.807, 2.05) is 6.92 Å². The van der Waals surface area contributed by atoms with Crippen LogP contribution in [0.15, 0.2) is 4.52 Å². The fourth-order valence-electron chi connectivity index (χ4n) is 2.17. The first-order chi connectivity index (χ1) is 9.93. The SMILES string of the molecule is CCc1noc(COC(=O)c2[nH]c(C)c(C(C)=O)c2C)n1. The molecule has 0 atom stereocenters. The first-order valence-corrected chi connectivity index (χ1v) is 6.62. The van der Waals surface area contributed by atoms with Gasteiger partial charge in [-0.15, -0.1) is 0 Å². The summed E-state index contributed by atoms with van der Waals surface area (Å²) in [5, 5.41) is 3.71. The molecule has 0 saturated heterocycles. The third-order valence-corrected chi connectivity index (χ3v) is 3.15. The summed E-state index contributed by atoms with van der Waals surface area (Å²) in [7, 11) is 0. The van der Waals surface area contributed by atoms with Gasteiger partial charge in [0.15, 0.2) is 18.2 Å². The van der Waals surface area contributed by atoms with E-state index in [2.05, 4.69) is 15.1 Å². The normalized spacial score (nSPS) is 10.7. The van der Waals surface area contributed by atoms with Gasteiger partial charge in [0.2, 0.25) is 0 Å². The number of esters is 1. The Hall–Kier alpha value is -2.44. The van der Waals surface area contributed by atoms with Crippen LogP contribution in [0.2, 0.25) is 0 Å². The van der Waals surface area contributed by atoms with Crippen LogP contribution in [0, 0.1) is 13.8 Å². The van der Waals surface area contributed by atoms with E-state index in [0.717, 1.165) is 0 Å². The van der Waals surface area contributed by atoms with Crippen molar-refractivity contribution in [1.82, 2.24) is 15.1 Å². The van der Waals surface area contributed by atoms with Crippen LogP contribution in [-0.4, -0.2) is 26.9 Å². The zero-order chi connectivity index (χ0) is 15.6. The lowest BCUT2D eigenvalue weighted by Crippen LogP contribution is -2.08. The summed E-state index contributed by atoms with van der Waals surface area (Å²) in [6, 6.07) is 0. The maximum absolute atomic E-state index is 12.0. The number of aromatic amines is 1. The Bertz CT molecular complexity index is 684. The van der Waals surface area contributed by atoms with Gasteiger partial charge >= 0.3 is 5.97 Å². The highest BCUT2D eigenvalue weighted by atomic mass is 16.6. The molecule has 0 radical (unpaired) electrons. The number of hydrogen-bond acceptors (Lipinski definition) is 6. The summed E-state index contributed by atoms with van der Waals surface area (Å²) in [5.41, 5.74) is 2.03. The number of ketones is 1. The van der Waals surface area contributed by atoms with Crippen molar-refractivity contribution in [1.29, 1.82) is 0 Å². The minimum absolute atomic E-state index is 0.0928. The van der Waals surface area contributed by atoms with Crippen LogP contribution < -0.4 is 0 Å². The highest BCUT2D eigenvalue weighted by molar-refractivity contribution is 6.01. The number of Topliss-reactive ketones (excluding diaryl/α,β-unsaturated/α-hetero) is 1. The van der Waals surface area contributed by atoms with Crippen LogP contribution >= 0.6 is 0 Å². The number of hydrogen-bond donors (Lipinski definition) is 1. The van der Waals surface area contributed by atoms with Crippen LogP contribution in [-0.2, 0) is 17.8 Å². The smallest absolute Gasteiger partial charge is 0.355 e. The summed E-state index contributed by atoms with van der Waals surface area (Å²) in [5.74, 6) is 0.156. The van der Waals surface area contributed by atoms with Gasteiger partial charge < -0.3 is 14.2 Å². The quantitative estimate of drug-likeness (QED) is 0.669. The summed E-state index contributed by atoms with van der Waals surface area (Å²) < 4.78 is 10.1. The number of nitrogens with one attached hydrogen (secondary N) is 1. The molecule has 0 aliphatic carbocycles. The van der Waals surface area contributed by atoms with Crippen LogP contribution in [0.25, 0.3) is 0 Å². The Kier molecular flexibility index (Phi) is 4.21. The van der Waals surface area contributed by atoms with Gasteiger partial charge in [-0.05, 0) is 26.3 Å². The van der Waals surface area contributed by atoms with E-state index in [4.69, 9.17) is 9.26 Å². The number of ether oxygens (including phenoxy) is 1. The molecular weight excluding hydrogens is 274 g/mol. The molecule has 0 bridgehead atoms. The zero-order valence-electron chi connectivity index (χ0n) is 12.4. The van der Waals surface area contributed by atoms with Crippen LogP contribution in [0.4, 0.5) is 0 Å². The predicted octanol–water partition coefficient (Wildman–Crippen LogP) is 2.14. The maximum atomic E-state index is 12.0. The number of aromatic nitrogens is 3. The molecule has 0 amide bonds. The Morgan fingerprint density at radius 3 is 2.57 bits per heavy atom. The number of rotatable bonds is 5. The Balaban J connectivity index is 2.10. The Labute approximate surface area is 121 Å². The van der Waals surface area contributed by atoms with E-state index in [1.165, 1.54) is 6.92 Å². The molecule has 1 N–H and O–H groups in total. The summed E-state index contributed by atoms with van der Waals surface area (Å²) in [6.45, 7) is 6.71. The van der Waals surface area contributed by atoms with Crippen molar-refractivity contribution in [3.05, 3.63) is 34.2 Å². The van der Waals surface area contributed by atoms with E-state index in [1.54, 1.807) is 13.8 Å². The van der Waals surface area contributed by atoms with Crippen LogP contribution in [0.3, 0.4) is 0 Å². The molecule has 7 nitrogen and oxygen atoms in total. The van der Waals surface area contributed by atoms with E-state index in [9.17, 15) is 9.59 Å². The van der Waals surface area contributed by atoms with Crippen molar-refractivity contribution in [2.75, 3.05) is 0 Å². The molecule has 0 spiro atoms. The minimum Gasteiger partial charge on any atom is -0.451 e. The van der Waals surface area contributed by atoms with Crippen LogP contribution in [0.1, 0.15) is 57.7 Å². The van der Waals surface area contributed by atoms with E-state index >= 15 is 0 Å². The Morgan fingerprint density at radius 1 is 1.33 bits per heavy atom. The average Bonchev–Trinajstić information content (AvgIpc) is 3.00. The van der Waals surface area contributed by atoms with Gasteiger partial charge in [-0.2, -0.15) is 4.98 Å². The van der Waals surface area contributed by atoms with Crippen molar-refractivity contribution in [3.63, 3.8) is 0 Å². The highest BCUT2D eigenvalue weighted by Gasteiger charge is 2.21. The monoisotopic (exact) mass is 291 g/mol. The second kappa shape index (κ2) is 5.90. The van der Waals surface area contributed by atoms with Crippen molar-refractivity contribution in [3.8, 4) is 0 Å². The number of carbonyl (C=O) groups is 2. The summed E-state index contributed by atoms with van der Waals surface area (Å²) >= 11 is 0. The molecule has 0 fully saturated rings. The van der Waals surface area contributed by atoms with Crippen molar-refractivity contribution >= 4 is 11.8 Å². The standard InChI is InChI=1S/C14H17N3O4/c1-5-10-16-11(21-17-10)6-20-14(19)13-7(2)12(9(4)18)8(3)15-13/h15H,5-6H2,1-4H3. The topological polar surface area (TPSA) is 98.1 Å². The van der Waals surface area contributed by atoms with E-state index in [0.29, 0.717) is 29.1 Å². The second-order valence-electron chi connectivity index (χ2n) is 4.72. The van der Waals surface area contributed by atoms with E-state index in [-0.39, 0.29) is 24.0 Å². The fraction of sp³-hybridized carbons (Fsp3) is 0.429. The van der Waals surface area contributed by atoms with Gasteiger partial charge in [0.05, 0.1) is 0 Å². The van der Waals surface area contributed by atoms with Crippen LogP contribution in [0.5, 0.6) is 0 Å². The molecule has 112 valence electrons. The van der Waals surface area contributed by atoms with Gasteiger partial charge in [-0.1, -0.05) is 12.1 Å². The van der Waals surface area contributed by atoms with Crippen molar-refractivity contribution < 1.29 is 18.8 Å². The first-order valence-electron chi connectivity index (χ1n) is 6.62. The molecule has 0 saturated carbocycles. The number of aryl methyl sites for hydroxylation is 2. The first kappa shape index (κ1) is 15.0. The molecule has 0 aliphatic rings. The number of carbonyl (C=O) groups excluding carboxylic acids is 2. The molecule has 2 aromatic rings. The molecule has 2 rings (SSSR count). The van der Waals surface area contributed by atoms with E-state index < -0.39 is 5.97 Å². The maximum Gasteiger partial charge on any atom is 0.355 e. The molecule has 2 heterocycles. The molecule has 21 heavy (non-hydrogen) atoms. The molecular formula is C14H17N3O4. The van der Waals surface area contributed by atoms with Gasteiger partial charge in [-0.25, -0.2) is 4.79 Å². The predicted molar refractivity (Wildman–Crippen MR) is 73.1 cm³/mol. The lowest BCUT2D eigenvalue weighted by Gasteiger charge is -2.01. The van der Waals surface area contributed by atoms with Gasteiger partial charge in [-0.3, -0.25) is 4.79 Å². The molecule has 0 unspecified atom stereocenters. The zero-order valence-corrected chi connectivity index (χ0v) is 12.4. The van der Waals surface area contributed by atoms with Gasteiger partial charge in [0, 0.05) is 17.7 Å². The molecule has 0 aromatic carbocycles. The average molecular weight is 291 g/mol. The largest absolute Gasteiger partial charge is 0.451 e. The second-order valence-corrected chi connectivity index (χ2v) is 4.72. The van der Waals surface area contributed by atoms with Gasteiger partial charge in [0.25, 0.3) is 5.89 Å². The molecule has 0 aliphatic heterocycles. The van der Waals surface area contributed by atoms with Crippen molar-refractivity contribution in [2.24, 2.45) is 0 Å². The van der Waals surface area contributed by atoms with Crippen molar-refractivity contribution in [2.45, 2.75) is 40.7 Å². The third kappa shape index (κ3) is 3.01. The molecule has 7 heteroatoms. The summed E-state index contributed by atoms with van der Waals surface area (Å²) in [4.78, 5) is 30.5. The fourth-order valence-corrected chi connectivity index (χ4v) is 2.17. The summed E-state index contributed by atoms with van der Waals surface area (Å²) in [6.07, 6.45) is 0.647. The van der Waals surface area contributed by atoms with Gasteiger partial charge in [0.1, 0.15) is 5.69 Å². The lowest BCUT2D eigenvalue weighted by atomic mass is 10.1. The minimum atomic E-state index is -0.556. The molecule has 2 aromatic heterocycles. The third-order valence-electron chi connectivity index (χ3n) is 3.15.